The normalized spacial score (nSPS) is 22.7. The molecule has 1 amide bonds. The molecule has 0 spiro atoms. The Morgan fingerprint density at radius 3 is 2.76 bits per heavy atom. The topological polar surface area (TPSA) is 45.7 Å². The molecule has 2 aliphatic rings. The average Bonchev–Trinajstić information content (AvgIpc) is 2.70. The van der Waals surface area contributed by atoms with E-state index in [1.165, 1.54) is 0 Å². The van der Waals surface area contributed by atoms with Crippen LogP contribution in [0, 0.1) is 0 Å². The van der Waals surface area contributed by atoms with Crippen LogP contribution in [-0.4, -0.2) is 65.6 Å². The second-order valence-electron chi connectivity index (χ2n) is 7.12. The van der Waals surface area contributed by atoms with Crippen molar-refractivity contribution in [1.82, 2.24) is 14.8 Å². The third-order valence-electron chi connectivity index (χ3n) is 5.52. The molecule has 0 N–H and O–H groups in total. The number of carbonyl (C=O) groups is 1. The number of hydrogen-bond donors (Lipinski definition) is 0. The van der Waals surface area contributed by atoms with Crippen LogP contribution in [0.5, 0.6) is 0 Å². The van der Waals surface area contributed by atoms with Gasteiger partial charge in [0.15, 0.2) is 0 Å². The molecule has 3 rings (SSSR count). The van der Waals surface area contributed by atoms with Crippen molar-refractivity contribution >= 4 is 5.91 Å². The van der Waals surface area contributed by atoms with Crippen LogP contribution in [0.3, 0.4) is 0 Å². The molecule has 5 nitrogen and oxygen atoms in total. The molecule has 2 fully saturated rings. The van der Waals surface area contributed by atoms with Crippen LogP contribution in [0.1, 0.15) is 44.7 Å². The number of hydrogen-bond acceptors (Lipinski definition) is 4. The van der Waals surface area contributed by atoms with Gasteiger partial charge in [0.05, 0.1) is 0 Å². The molecule has 3 heterocycles. The quantitative estimate of drug-likeness (QED) is 0.795. The number of carbonyl (C=O) groups excluding carboxylic acids is 1. The van der Waals surface area contributed by atoms with Gasteiger partial charge in [0, 0.05) is 50.6 Å². The second-order valence-corrected chi connectivity index (χ2v) is 7.12. The van der Waals surface area contributed by atoms with Gasteiger partial charge in [-0.15, -0.1) is 0 Å². The summed E-state index contributed by atoms with van der Waals surface area (Å²) in [6.07, 6.45) is 7.57. The lowest BCUT2D eigenvalue weighted by Crippen LogP contribution is -2.52. The Morgan fingerprint density at radius 2 is 2.12 bits per heavy atom. The Kier molecular flexibility index (Phi) is 6.82. The van der Waals surface area contributed by atoms with Crippen LogP contribution in [0.2, 0.25) is 0 Å². The Hall–Kier alpha value is -1.46. The number of aromatic nitrogens is 1. The van der Waals surface area contributed by atoms with Gasteiger partial charge in [-0.05, 0) is 50.8 Å². The van der Waals surface area contributed by atoms with Gasteiger partial charge in [-0.2, -0.15) is 0 Å². The number of likely N-dealkylation sites (tertiary alicyclic amines) is 1. The average molecular weight is 345 g/mol. The molecule has 1 aromatic heterocycles. The number of rotatable bonds is 6. The number of nitrogens with zero attached hydrogens (tertiary/aromatic N) is 3. The third-order valence-corrected chi connectivity index (χ3v) is 5.52. The SMILES string of the molecule is CCN1CCC(N(CCc2ccccn2)C(=O)[C@H]2CCCCO2)CC1. The van der Waals surface area contributed by atoms with Crippen LogP contribution in [0.15, 0.2) is 24.4 Å². The standard InChI is InChI=1S/C20H31N3O2/c1-2-22-13-10-18(11-14-22)23(15-9-17-7-3-5-12-21-17)20(24)19-8-4-6-16-25-19/h3,5,7,12,18-19H,2,4,6,8-11,13-16H2,1H3/t19-/m1/s1. The number of ether oxygens (including phenoxy) is 1. The van der Waals surface area contributed by atoms with Crippen molar-refractivity contribution in [2.75, 3.05) is 32.8 Å². The van der Waals surface area contributed by atoms with Crippen molar-refractivity contribution in [1.29, 1.82) is 0 Å². The Labute approximate surface area is 151 Å². The Morgan fingerprint density at radius 1 is 1.28 bits per heavy atom. The first-order valence-corrected chi connectivity index (χ1v) is 9.82. The first-order chi connectivity index (χ1) is 12.3. The fraction of sp³-hybridized carbons (Fsp3) is 0.700. The highest BCUT2D eigenvalue weighted by atomic mass is 16.5. The monoisotopic (exact) mass is 345 g/mol. The van der Waals surface area contributed by atoms with Gasteiger partial charge < -0.3 is 14.5 Å². The van der Waals surface area contributed by atoms with Crippen molar-refractivity contribution < 1.29 is 9.53 Å². The van der Waals surface area contributed by atoms with Crippen molar-refractivity contribution in [3.05, 3.63) is 30.1 Å². The van der Waals surface area contributed by atoms with Crippen LogP contribution in [0.25, 0.3) is 0 Å². The Bertz CT molecular complexity index is 523. The molecular weight excluding hydrogens is 314 g/mol. The maximum absolute atomic E-state index is 13.1. The van der Waals surface area contributed by atoms with E-state index in [0.717, 1.165) is 77.0 Å². The van der Waals surface area contributed by atoms with E-state index in [9.17, 15) is 4.79 Å². The summed E-state index contributed by atoms with van der Waals surface area (Å²) in [5, 5.41) is 0. The number of piperidine rings is 1. The minimum Gasteiger partial charge on any atom is -0.368 e. The Balaban J connectivity index is 1.65. The molecule has 0 aliphatic carbocycles. The lowest BCUT2D eigenvalue weighted by molar-refractivity contribution is -0.149. The van der Waals surface area contributed by atoms with Crippen molar-refractivity contribution in [3.63, 3.8) is 0 Å². The first kappa shape index (κ1) is 18.3. The molecule has 0 saturated carbocycles. The minimum atomic E-state index is -0.235. The summed E-state index contributed by atoms with van der Waals surface area (Å²) in [7, 11) is 0. The third kappa shape index (κ3) is 5.02. The lowest BCUT2D eigenvalue weighted by atomic mass is 10.00. The summed E-state index contributed by atoms with van der Waals surface area (Å²) in [6, 6.07) is 6.32. The molecule has 2 aliphatic heterocycles. The molecule has 0 aromatic carbocycles. The smallest absolute Gasteiger partial charge is 0.251 e. The number of pyridine rings is 1. The van der Waals surface area contributed by atoms with Gasteiger partial charge in [0.25, 0.3) is 5.91 Å². The predicted octanol–water partition coefficient (Wildman–Crippen LogP) is 2.51. The summed E-state index contributed by atoms with van der Waals surface area (Å²) < 4.78 is 5.79. The highest BCUT2D eigenvalue weighted by Gasteiger charge is 2.32. The van der Waals surface area contributed by atoms with Crippen LogP contribution in [0.4, 0.5) is 0 Å². The fourth-order valence-corrected chi connectivity index (χ4v) is 3.92. The summed E-state index contributed by atoms with van der Waals surface area (Å²) >= 11 is 0. The van der Waals surface area contributed by atoms with Gasteiger partial charge in [0.2, 0.25) is 0 Å². The molecule has 0 radical (unpaired) electrons. The highest BCUT2D eigenvalue weighted by Crippen LogP contribution is 2.22. The van der Waals surface area contributed by atoms with Gasteiger partial charge >= 0.3 is 0 Å². The van der Waals surface area contributed by atoms with Crippen LogP contribution < -0.4 is 0 Å². The zero-order valence-electron chi connectivity index (χ0n) is 15.4. The van der Waals surface area contributed by atoms with Gasteiger partial charge in [0.1, 0.15) is 6.10 Å². The van der Waals surface area contributed by atoms with Crippen molar-refractivity contribution in [2.45, 2.75) is 57.6 Å². The van der Waals surface area contributed by atoms with Crippen LogP contribution in [-0.2, 0) is 16.0 Å². The number of amides is 1. The van der Waals surface area contributed by atoms with Crippen molar-refractivity contribution in [2.24, 2.45) is 0 Å². The molecule has 2 saturated heterocycles. The summed E-state index contributed by atoms with van der Waals surface area (Å²) in [5.41, 5.74) is 1.05. The van der Waals surface area contributed by atoms with Gasteiger partial charge in [-0.25, -0.2) is 0 Å². The van der Waals surface area contributed by atoms with Gasteiger partial charge in [-0.1, -0.05) is 13.0 Å². The summed E-state index contributed by atoms with van der Waals surface area (Å²) in [5.74, 6) is 0.200. The lowest BCUT2D eigenvalue weighted by Gasteiger charge is -2.40. The van der Waals surface area contributed by atoms with Gasteiger partial charge in [-0.3, -0.25) is 9.78 Å². The summed E-state index contributed by atoms with van der Waals surface area (Å²) in [6.45, 7) is 6.94. The maximum Gasteiger partial charge on any atom is 0.251 e. The van der Waals surface area contributed by atoms with Crippen molar-refractivity contribution in [3.8, 4) is 0 Å². The van der Waals surface area contributed by atoms with E-state index in [0.29, 0.717) is 6.04 Å². The molecular formula is C20H31N3O2. The second kappa shape index (κ2) is 9.30. The molecule has 1 aromatic rings. The molecule has 0 unspecified atom stereocenters. The van der Waals surface area contributed by atoms with E-state index in [4.69, 9.17) is 4.74 Å². The molecule has 1 atom stereocenters. The van der Waals surface area contributed by atoms with E-state index in [1.54, 1.807) is 0 Å². The molecule has 138 valence electrons. The maximum atomic E-state index is 13.1. The van der Waals surface area contributed by atoms with E-state index in [1.807, 2.05) is 24.4 Å². The summed E-state index contributed by atoms with van der Waals surface area (Å²) in [4.78, 5) is 22.1. The zero-order valence-corrected chi connectivity index (χ0v) is 15.4. The predicted molar refractivity (Wildman–Crippen MR) is 98.4 cm³/mol. The largest absolute Gasteiger partial charge is 0.368 e. The van der Waals surface area contributed by atoms with E-state index in [2.05, 4.69) is 21.7 Å². The van der Waals surface area contributed by atoms with Crippen LogP contribution >= 0.6 is 0 Å². The van der Waals surface area contributed by atoms with E-state index < -0.39 is 0 Å². The fourth-order valence-electron chi connectivity index (χ4n) is 3.92. The van der Waals surface area contributed by atoms with E-state index in [-0.39, 0.29) is 12.0 Å². The molecule has 5 heteroatoms. The zero-order chi connectivity index (χ0) is 17.5. The minimum absolute atomic E-state index is 0.200. The van der Waals surface area contributed by atoms with E-state index >= 15 is 0 Å². The highest BCUT2D eigenvalue weighted by molar-refractivity contribution is 5.81. The molecule has 0 bridgehead atoms. The molecule has 25 heavy (non-hydrogen) atoms. The first-order valence-electron chi connectivity index (χ1n) is 9.82.